The molecule has 0 spiro atoms. The van der Waals surface area contributed by atoms with Crippen LogP contribution in [0, 0.1) is 5.82 Å². The van der Waals surface area contributed by atoms with Crippen LogP contribution in [0.15, 0.2) is 36.7 Å². The Kier molecular flexibility index (Phi) is 1.73. The van der Waals surface area contributed by atoms with Crippen molar-refractivity contribution in [3.05, 3.63) is 42.5 Å². The molecule has 0 aliphatic heterocycles. The quantitative estimate of drug-likeness (QED) is 0.718. The summed E-state index contributed by atoms with van der Waals surface area (Å²) >= 11 is 0. The Labute approximate surface area is 74.6 Å². The fourth-order valence-corrected chi connectivity index (χ4v) is 1.11. The molecule has 0 radical (unpaired) electrons. The van der Waals surface area contributed by atoms with Crippen LogP contribution in [0.2, 0.25) is 0 Å². The Balaban J connectivity index is 2.52. The van der Waals surface area contributed by atoms with E-state index >= 15 is 0 Å². The number of rotatable bonds is 1. The van der Waals surface area contributed by atoms with Crippen LogP contribution in [-0.4, -0.2) is 9.78 Å². The molecule has 0 aliphatic carbocycles. The van der Waals surface area contributed by atoms with Gasteiger partial charge in [-0.2, -0.15) is 5.10 Å². The number of nitrogen functional groups attached to an aromatic ring is 1. The number of para-hydroxylation sites is 1. The van der Waals surface area contributed by atoms with Crippen LogP contribution in [-0.2, 0) is 0 Å². The lowest BCUT2D eigenvalue weighted by atomic mass is 10.3. The summed E-state index contributed by atoms with van der Waals surface area (Å²) in [6.45, 7) is 0. The molecule has 2 N–H and O–H groups in total. The molecule has 0 saturated heterocycles. The molecule has 0 bridgehead atoms. The predicted octanol–water partition coefficient (Wildman–Crippen LogP) is 1.59. The molecule has 0 saturated carbocycles. The van der Waals surface area contributed by atoms with E-state index in [4.69, 9.17) is 5.73 Å². The van der Waals surface area contributed by atoms with E-state index in [1.54, 1.807) is 24.4 Å². The van der Waals surface area contributed by atoms with E-state index in [2.05, 4.69) is 5.10 Å². The number of anilines is 1. The maximum absolute atomic E-state index is 13.2. The van der Waals surface area contributed by atoms with Gasteiger partial charge in [-0.25, -0.2) is 9.07 Å². The van der Waals surface area contributed by atoms with Crippen LogP contribution in [0.1, 0.15) is 0 Å². The van der Waals surface area contributed by atoms with Crippen molar-refractivity contribution in [2.24, 2.45) is 0 Å². The molecule has 3 nitrogen and oxygen atoms in total. The standard InChI is InChI=1S/C9H8FN3/c10-8-3-1-2-4-9(8)13-6-7(11)5-12-13/h1-6H,11H2. The smallest absolute Gasteiger partial charge is 0.148 e. The molecule has 66 valence electrons. The molecule has 0 atom stereocenters. The summed E-state index contributed by atoms with van der Waals surface area (Å²) in [6.07, 6.45) is 3.05. The number of nitrogens with zero attached hydrogens (tertiary/aromatic N) is 2. The summed E-state index contributed by atoms with van der Waals surface area (Å²) in [5, 5.41) is 3.90. The van der Waals surface area contributed by atoms with Gasteiger partial charge in [0.2, 0.25) is 0 Å². The van der Waals surface area contributed by atoms with Crippen molar-refractivity contribution in [1.82, 2.24) is 9.78 Å². The molecular formula is C9H8FN3. The maximum Gasteiger partial charge on any atom is 0.148 e. The average Bonchev–Trinajstić information content (AvgIpc) is 2.53. The molecule has 1 aromatic carbocycles. The highest BCUT2D eigenvalue weighted by Crippen LogP contribution is 2.12. The molecule has 0 amide bonds. The van der Waals surface area contributed by atoms with Crippen LogP contribution in [0.5, 0.6) is 0 Å². The first-order valence-electron chi connectivity index (χ1n) is 3.82. The number of hydrogen-bond acceptors (Lipinski definition) is 2. The highest BCUT2D eigenvalue weighted by molar-refractivity contribution is 5.38. The van der Waals surface area contributed by atoms with E-state index in [9.17, 15) is 4.39 Å². The third kappa shape index (κ3) is 1.38. The third-order valence-electron chi connectivity index (χ3n) is 1.70. The van der Waals surface area contributed by atoms with Gasteiger partial charge in [-0.15, -0.1) is 0 Å². The molecule has 0 fully saturated rings. The first kappa shape index (κ1) is 7.79. The lowest BCUT2D eigenvalue weighted by molar-refractivity contribution is 0.611. The van der Waals surface area contributed by atoms with Gasteiger partial charge in [-0.05, 0) is 12.1 Å². The topological polar surface area (TPSA) is 43.8 Å². The van der Waals surface area contributed by atoms with E-state index in [1.807, 2.05) is 0 Å². The van der Waals surface area contributed by atoms with Gasteiger partial charge in [0.15, 0.2) is 0 Å². The molecule has 1 heterocycles. The summed E-state index contributed by atoms with van der Waals surface area (Å²) in [5.74, 6) is -0.314. The SMILES string of the molecule is Nc1cnn(-c2ccccc2F)c1. The molecule has 13 heavy (non-hydrogen) atoms. The van der Waals surface area contributed by atoms with Crippen molar-refractivity contribution in [3.8, 4) is 5.69 Å². The second kappa shape index (κ2) is 2.90. The van der Waals surface area contributed by atoms with Gasteiger partial charge in [0.25, 0.3) is 0 Å². The second-order valence-corrected chi connectivity index (χ2v) is 2.67. The van der Waals surface area contributed by atoms with Crippen LogP contribution >= 0.6 is 0 Å². The summed E-state index contributed by atoms with van der Waals surface area (Å²) in [6, 6.07) is 6.40. The van der Waals surface area contributed by atoms with E-state index in [-0.39, 0.29) is 5.82 Å². The Morgan fingerprint density at radius 2 is 2.08 bits per heavy atom. The highest BCUT2D eigenvalue weighted by Gasteiger charge is 2.03. The van der Waals surface area contributed by atoms with E-state index < -0.39 is 0 Å². The summed E-state index contributed by atoms with van der Waals surface area (Å²) < 4.78 is 14.6. The zero-order chi connectivity index (χ0) is 9.26. The van der Waals surface area contributed by atoms with Crippen LogP contribution < -0.4 is 5.73 Å². The normalized spacial score (nSPS) is 10.2. The predicted molar refractivity (Wildman–Crippen MR) is 47.9 cm³/mol. The summed E-state index contributed by atoms with van der Waals surface area (Å²) in [4.78, 5) is 0. The fourth-order valence-electron chi connectivity index (χ4n) is 1.11. The molecule has 4 heteroatoms. The van der Waals surface area contributed by atoms with Crippen molar-refractivity contribution in [2.45, 2.75) is 0 Å². The number of benzene rings is 1. The number of nitrogens with two attached hydrogens (primary N) is 1. The summed E-state index contributed by atoms with van der Waals surface area (Å²) in [7, 11) is 0. The van der Waals surface area contributed by atoms with E-state index in [0.717, 1.165) is 0 Å². The largest absolute Gasteiger partial charge is 0.396 e. The first-order valence-corrected chi connectivity index (χ1v) is 3.82. The lowest BCUT2D eigenvalue weighted by Gasteiger charge is -2.00. The van der Waals surface area contributed by atoms with Gasteiger partial charge in [0.1, 0.15) is 11.5 Å². The number of halogens is 1. The molecule has 2 aromatic rings. The Hall–Kier alpha value is -1.84. The maximum atomic E-state index is 13.2. The van der Waals surface area contributed by atoms with Crippen molar-refractivity contribution in [1.29, 1.82) is 0 Å². The molecule has 2 rings (SSSR count). The van der Waals surface area contributed by atoms with Gasteiger partial charge >= 0.3 is 0 Å². The van der Waals surface area contributed by atoms with Gasteiger partial charge in [0, 0.05) is 0 Å². The molecule has 1 aromatic heterocycles. The number of hydrogen-bond donors (Lipinski definition) is 1. The van der Waals surface area contributed by atoms with Crippen LogP contribution in [0.3, 0.4) is 0 Å². The number of aromatic nitrogens is 2. The monoisotopic (exact) mass is 177 g/mol. The third-order valence-corrected chi connectivity index (χ3v) is 1.70. The second-order valence-electron chi connectivity index (χ2n) is 2.67. The minimum atomic E-state index is -0.314. The Morgan fingerprint density at radius 3 is 2.69 bits per heavy atom. The minimum Gasteiger partial charge on any atom is -0.396 e. The zero-order valence-corrected chi connectivity index (χ0v) is 6.81. The molecule has 0 aliphatic rings. The minimum absolute atomic E-state index is 0.314. The van der Waals surface area contributed by atoms with E-state index in [0.29, 0.717) is 11.4 Å². The Bertz CT molecular complexity index is 422. The van der Waals surface area contributed by atoms with Gasteiger partial charge in [-0.3, -0.25) is 0 Å². The first-order chi connectivity index (χ1) is 6.27. The summed E-state index contributed by atoms with van der Waals surface area (Å²) in [5.41, 5.74) is 6.38. The van der Waals surface area contributed by atoms with Gasteiger partial charge < -0.3 is 5.73 Å². The van der Waals surface area contributed by atoms with Crippen LogP contribution in [0.4, 0.5) is 10.1 Å². The molecule has 0 unspecified atom stereocenters. The Morgan fingerprint density at radius 1 is 1.31 bits per heavy atom. The fraction of sp³-hybridized carbons (Fsp3) is 0. The van der Waals surface area contributed by atoms with Crippen molar-refractivity contribution in [2.75, 3.05) is 5.73 Å². The van der Waals surface area contributed by atoms with Crippen molar-refractivity contribution >= 4 is 5.69 Å². The lowest BCUT2D eigenvalue weighted by Crippen LogP contribution is -1.97. The van der Waals surface area contributed by atoms with E-state index in [1.165, 1.54) is 16.9 Å². The van der Waals surface area contributed by atoms with Crippen molar-refractivity contribution in [3.63, 3.8) is 0 Å². The van der Waals surface area contributed by atoms with Gasteiger partial charge in [0.05, 0.1) is 18.1 Å². The van der Waals surface area contributed by atoms with Crippen LogP contribution in [0.25, 0.3) is 5.69 Å². The zero-order valence-electron chi connectivity index (χ0n) is 6.81. The average molecular weight is 177 g/mol. The highest BCUT2D eigenvalue weighted by atomic mass is 19.1. The molecular weight excluding hydrogens is 169 g/mol. The van der Waals surface area contributed by atoms with Gasteiger partial charge in [-0.1, -0.05) is 12.1 Å². The van der Waals surface area contributed by atoms with Crippen molar-refractivity contribution < 1.29 is 4.39 Å².